The summed E-state index contributed by atoms with van der Waals surface area (Å²) in [5, 5.41) is 6.18. The molecule has 10 heteroatoms. The fourth-order valence-electron chi connectivity index (χ4n) is 2.59. The Bertz CT molecular complexity index is 979. The molecule has 0 aliphatic rings. The predicted octanol–water partition coefficient (Wildman–Crippen LogP) is 5.01. The molecule has 3 aromatic rings. The number of alkyl halides is 3. The van der Waals surface area contributed by atoms with Crippen LogP contribution in [0.2, 0.25) is 0 Å². The van der Waals surface area contributed by atoms with Gasteiger partial charge in [0, 0.05) is 30.4 Å². The lowest BCUT2D eigenvalue weighted by molar-refractivity contribution is -0.141. The molecule has 0 radical (unpaired) electrons. The van der Waals surface area contributed by atoms with Gasteiger partial charge in [0.05, 0.1) is 5.69 Å². The topological polar surface area (TPSA) is 42.7 Å². The van der Waals surface area contributed by atoms with Gasteiger partial charge in [0.15, 0.2) is 17.3 Å². The summed E-state index contributed by atoms with van der Waals surface area (Å²) in [4.78, 5) is 4.03. The molecule has 0 bridgehead atoms. The Morgan fingerprint density at radius 3 is 2.36 bits per heavy atom. The Balaban J connectivity index is 1.80. The van der Waals surface area contributed by atoms with E-state index in [1.165, 1.54) is 23.0 Å². The van der Waals surface area contributed by atoms with E-state index in [0.29, 0.717) is 11.6 Å². The minimum Gasteiger partial charge on any atom is -0.366 e. The second-order valence-electron chi connectivity index (χ2n) is 5.84. The molecule has 0 unspecified atom stereocenters. The number of pyridine rings is 1. The van der Waals surface area contributed by atoms with E-state index in [2.05, 4.69) is 15.4 Å². The molecule has 1 aromatic carbocycles. The van der Waals surface area contributed by atoms with Crippen molar-refractivity contribution in [1.29, 1.82) is 0 Å². The van der Waals surface area contributed by atoms with Crippen LogP contribution in [0.5, 0.6) is 0 Å². The standard InChI is InChI=1S/C18H14F6N4/c1-2-28-14(7-15(27-28)18(22,23)24)10-3-6-16(25-8-10)26-9-11-12(19)4-5-13(20)17(11)21/h3-8H,2,9H2,1H3,(H,25,26). The van der Waals surface area contributed by atoms with Crippen LogP contribution in [-0.4, -0.2) is 14.8 Å². The molecular weight excluding hydrogens is 386 g/mol. The Morgan fingerprint density at radius 1 is 1.04 bits per heavy atom. The predicted molar refractivity (Wildman–Crippen MR) is 89.8 cm³/mol. The van der Waals surface area contributed by atoms with Gasteiger partial charge in [-0.1, -0.05) is 0 Å². The monoisotopic (exact) mass is 400 g/mol. The van der Waals surface area contributed by atoms with Crippen molar-refractivity contribution >= 4 is 5.82 Å². The highest BCUT2D eigenvalue weighted by Crippen LogP contribution is 2.31. The number of aryl methyl sites for hydroxylation is 1. The molecule has 0 amide bonds. The molecule has 0 fully saturated rings. The van der Waals surface area contributed by atoms with Gasteiger partial charge in [-0.3, -0.25) is 4.68 Å². The van der Waals surface area contributed by atoms with E-state index >= 15 is 0 Å². The third-order valence-corrected chi connectivity index (χ3v) is 4.01. The lowest BCUT2D eigenvalue weighted by Gasteiger charge is -2.09. The van der Waals surface area contributed by atoms with Crippen molar-refractivity contribution in [2.45, 2.75) is 26.2 Å². The van der Waals surface area contributed by atoms with Crippen LogP contribution in [0.3, 0.4) is 0 Å². The van der Waals surface area contributed by atoms with Crippen molar-refractivity contribution in [2.75, 3.05) is 5.32 Å². The smallest absolute Gasteiger partial charge is 0.366 e. The van der Waals surface area contributed by atoms with Crippen LogP contribution in [-0.2, 0) is 19.3 Å². The molecule has 0 aliphatic carbocycles. The summed E-state index contributed by atoms with van der Waals surface area (Å²) in [5.41, 5.74) is -0.872. The minimum atomic E-state index is -4.57. The van der Waals surface area contributed by atoms with Crippen LogP contribution in [0.1, 0.15) is 18.2 Å². The van der Waals surface area contributed by atoms with E-state index in [-0.39, 0.29) is 24.6 Å². The molecule has 0 atom stereocenters. The number of rotatable bonds is 5. The summed E-state index contributed by atoms with van der Waals surface area (Å²) in [6.07, 6.45) is -3.26. The summed E-state index contributed by atoms with van der Waals surface area (Å²) in [7, 11) is 0. The number of hydrogen-bond donors (Lipinski definition) is 1. The molecule has 0 aliphatic heterocycles. The van der Waals surface area contributed by atoms with Gasteiger partial charge in [-0.25, -0.2) is 18.2 Å². The van der Waals surface area contributed by atoms with Crippen molar-refractivity contribution in [3.8, 4) is 11.3 Å². The first kappa shape index (κ1) is 19.7. The number of nitrogens with one attached hydrogen (secondary N) is 1. The van der Waals surface area contributed by atoms with Crippen LogP contribution in [0.15, 0.2) is 36.5 Å². The largest absolute Gasteiger partial charge is 0.435 e. The molecule has 148 valence electrons. The van der Waals surface area contributed by atoms with Gasteiger partial charge in [-0.2, -0.15) is 18.3 Å². The fourth-order valence-corrected chi connectivity index (χ4v) is 2.59. The second-order valence-corrected chi connectivity index (χ2v) is 5.84. The number of halogens is 6. The molecule has 2 heterocycles. The molecule has 0 spiro atoms. The van der Waals surface area contributed by atoms with E-state index in [4.69, 9.17) is 0 Å². The molecule has 1 N–H and O–H groups in total. The highest BCUT2D eigenvalue weighted by molar-refractivity contribution is 5.61. The van der Waals surface area contributed by atoms with Crippen molar-refractivity contribution in [3.63, 3.8) is 0 Å². The molecule has 3 rings (SSSR count). The third-order valence-electron chi connectivity index (χ3n) is 4.01. The maximum Gasteiger partial charge on any atom is 0.435 e. The summed E-state index contributed by atoms with van der Waals surface area (Å²) in [5.74, 6) is -3.16. The maximum atomic E-state index is 13.7. The van der Waals surface area contributed by atoms with E-state index < -0.39 is 34.9 Å². The summed E-state index contributed by atoms with van der Waals surface area (Å²) >= 11 is 0. The number of anilines is 1. The first-order valence-electron chi connectivity index (χ1n) is 8.18. The quantitative estimate of drug-likeness (QED) is 0.484. The number of nitrogens with zero attached hydrogens (tertiary/aromatic N) is 3. The average Bonchev–Trinajstić information content (AvgIpc) is 3.10. The lowest BCUT2D eigenvalue weighted by atomic mass is 10.1. The second kappa shape index (κ2) is 7.53. The summed E-state index contributed by atoms with van der Waals surface area (Å²) in [6.45, 7) is 1.53. The number of benzene rings is 1. The Labute approximate surface area is 155 Å². The first-order valence-corrected chi connectivity index (χ1v) is 8.18. The van der Waals surface area contributed by atoms with E-state index in [1.54, 1.807) is 6.92 Å². The third kappa shape index (κ3) is 3.95. The van der Waals surface area contributed by atoms with E-state index in [0.717, 1.165) is 12.1 Å². The van der Waals surface area contributed by atoms with Crippen LogP contribution in [0, 0.1) is 17.5 Å². The molecular formula is C18H14F6N4. The number of aromatic nitrogens is 3. The zero-order valence-electron chi connectivity index (χ0n) is 14.5. The highest BCUT2D eigenvalue weighted by atomic mass is 19.4. The highest BCUT2D eigenvalue weighted by Gasteiger charge is 2.35. The normalized spacial score (nSPS) is 11.7. The van der Waals surface area contributed by atoms with Crippen LogP contribution in [0.25, 0.3) is 11.3 Å². The Morgan fingerprint density at radius 2 is 1.75 bits per heavy atom. The fraction of sp³-hybridized carbons (Fsp3) is 0.222. The molecule has 2 aromatic heterocycles. The molecule has 0 saturated heterocycles. The van der Waals surface area contributed by atoms with Crippen molar-refractivity contribution in [3.05, 3.63) is 65.2 Å². The van der Waals surface area contributed by atoms with Crippen molar-refractivity contribution in [2.24, 2.45) is 0 Å². The lowest BCUT2D eigenvalue weighted by Crippen LogP contribution is -2.08. The zero-order valence-corrected chi connectivity index (χ0v) is 14.5. The molecule has 4 nitrogen and oxygen atoms in total. The van der Waals surface area contributed by atoms with Gasteiger partial charge < -0.3 is 5.32 Å². The van der Waals surface area contributed by atoms with Crippen LogP contribution >= 0.6 is 0 Å². The zero-order chi connectivity index (χ0) is 20.5. The van der Waals surface area contributed by atoms with Gasteiger partial charge >= 0.3 is 6.18 Å². The minimum absolute atomic E-state index is 0.213. The van der Waals surface area contributed by atoms with Gasteiger partial charge in [0.25, 0.3) is 0 Å². The van der Waals surface area contributed by atoms with E-state index in [9.17, 15) is 26.3 Å². The number of hydrogen-bond acceptors (Lipinski definition) is 3. The summed E-state index contributed by atoms with van der Waals surface area (Å²) < 4.78 is 80.3. The average molecular weight is 400 g/mol. The van der Waals surface area contributed by atoms with Crippen molar-refractivity contribution < 1.29 is 26.3 Å². The van der Waals surface area contributed by atoms with Crippen LogP contribution < -0.4 is 5.32 Å². The van der Waals surface area contributed by atoms with Gasteiger partial charge in [0.1, 0.15) is 11.6 Å². The maximum absolute atomic E-state index is 13.7. The summed E-state index contributed by atoms with van der Waals surface area (Å²) in [6, 6.07) is 5.36. The Hall–Kier alpha value is -3.04. The van der Waals surface area contributed by atoms with Gasteiger partial charge in [-0.15, -0.1) is 0 Å². The van der Waals surface area contributed by atoms with E-state index in [1.807, 2.05) is 0 Å². The molecule has 0 saturated carbocycles. The van der Waals surface area contributed by atoms with Gasteiger partial charge in [0.2, 0.25) is 0 Å². The molecule has 28 heavy (non-hydrogen) atoms. The van der Waals surface area contributed by atoms with Crippen molar-refractivity contribution in [1.82, 2.24) is 14.8 Å². The van der Waals surface area contributed by atoms with Gasteiger partial charge in [-0.05, 0) is 37.3 Å². The van der Waals surface area contributed by atoms with Crippen LogP contribution in [0.4, 0.5) is 32.2 Å². The Kier molecular flexibility index (Phi) is 5.30. The first-order chi connectivity index (χ1) is 13.2. The SMILES string of the molecule is CCn1nc(C(F)(F)F)cc1-c1ccc(NCc2c(F)ccc(F)c2F)nc1.